The first kappa shape index (κ1) is 8.89. The molecule has 6 heteroatoms. The molecule has 1 atom stereocenters. The first-order valence-corrected chi connectivity index (χ1v) is 4.39. The molecule has 2 heterocycles. The minimum atomic E-state index is -0.192. The van der Waals surface area contributed by atoms with Gasteiger partial charge in [0.2, 0.25) is 5.89 Å². The van der Waals surface area contributed by atoms with E-state index in [0.717, 1.165) is 12.0 Å². The molecular formula is C8H11N5O. The van der Waals surface area contributed by atoms with E-state index >= 15 is 0 Å². The van der Waals surface area contributed by atoms with Crippen molar-refractivity contribution in [2.75, 3.05) is 0 Å². The summed E-state index contributed by atoms with van der Waals surface area (Å²) in [5.41, 5.74) is 6.51. The smallest absolute Gasteiger partial charge is 0.250 e. The summed E-state index contributed by atoms with van der Waals surface area (Å²) in [6.07, 6.45) is 4.08. The van der Waals surface area contributed by atoms with Gasteiger partial charge in [-0.05, 0) is 6.42 Å². The standard InChI is InChI=1S/C8H11N5O/c1-2-6(9)8-13-12-7(14-8)5-3-10-11-4-5/h3-4,6H,2,9H2,1H3,(H,10,11). The van der Waals surface area contributed by atoms with Crippen molar-refractivity contribution in [3.63, 3.8) is 0 Å². The van der Waals surface area contributed by atoms with Crippen LogP contribution in [0.3, 0.4) is 0 Å². The van der Waals surface area contributed by atoms with Gasteiger partial charge in [-0.1, -0.05) is 6.92 Å². The number of nitrogens with two attached hydrogens (primary N) is 1. The van der Waals surface area contributed by atoms with Gasteiger partial charge in [-0.25, -0.2) is 0 Å². The molecule has 2 aromatic heterocycles. The maximum absolute atomic E-state index is 5.74. The third kappa shape index (κ3) is 1.51. The monoisotopic (exact) mass is 193 g/mol. The topological polar surface area (TPSA) is 93.6 Å². The number of hydrogen-bond acceptors (Lipinski definition) is 5. The molecular weight excluding hydrogens is 182 g/mol. The Labute approximate surface area is 80.5 Å². The van der Waals surface area contributed by atoms with Gasteiger partial charge in [-0.2, -0.15) is 5.10 Å². The lowest BCUT2D eigenvalue weighted by molar-refractivity contribution is 0.452. The Balaban J connectivity index is 2.26. The van der Waals surface area contributed by atoms with Crippen LogP contribution in [0.15, 0.2) is 16.8 Å². The Morgan fingerprint density at radius 1 is 1.57 bits per heavy atom. The van der Waals surface area contributed by atoms with E-state index in [1.54, 1.807) is 12.4 Å². The Kier molecular flexibility index (Phi) is 2.28. The minimum absolute atomic E-state index is 0.192. The van der Waals surface area contributed by atoms with Crippen molar-refractivity contribution in [3.8, 4) is 11.5 Å². The van der Waals surface area contributed by atoms with Crippen molar-refractivity contribution in [3.05, 3.63) is 18.3 Å². The summed E-state index contributed by atoms with van der Waals surface area (Å²) in [6, 6.07) is -0.192. The molecule has 0 aromatic carbocycles. The van der Waals surface area contributed by atoms with Gasteiger partial charge in [0.05, 0.1) is 17.8 Å². The normalized spacial score (nSPS) is 13.0. The predicted molar refractivity (Wildman–Crippen MR) is 49.1 cm³/mol. The number of aromatic amines is 1. The summed E-state index contributed by atoms with van der Waals surface area (Å²) in [6.45, 7) is 1.96. The Bertz CT molecular complexity index is 394. The zero-order valence-electron chi connectivity index (χ0n) is 7.77. The molecule has 0 fully saturated rings. The fraction of sp³-hybridized carbons (Fsp3) is 0.375. The fourth-order valence-electron chi connectivity index (χ4n) is 1.04. The molecule has 74 valence electrons. The number of aromatic nitrogens is 4. The van der Waals surface area contributed by atoms with Crippen LogP contribution < -0.4 is 5.73 Å². The number of H-pyrrole nitrogens is 1. The van der Waals surface area contributed by atoms with Gasteiger partial charge >= 0.3 is 0 Å². The van der Waals surface area contributed by atoms with Crippen LogP contribution in [0.25, 0.3) is 11.5 Å². The van der Waals surface area contributed by atoms with E-state index in [1.807, 2.05) is 6.92 Å². The molecule has 1 unspecified atom stereocenters. The molecule has 0 spiro atoms. The van der Waals surface area contributed by atoms with Crippen LogP contribution in [-0.2, 0) is 0 Å². The van der Waals surface area contributed by atoms with Gasteiger partial charge in [-0.15, -0.1) is 10.2 Å². The summed E-state index contributed by atoms with van der Waals surface area (Å²) in [5, 5.41) is 14.2. The van der Waals surface area contributed by atoms with E-state index in [4.69, 9.17) is 10.2 Å². The average molecular weight is 193 g/mol. The largest absolute Gasteiger partial charge is 0.419 e. The molecule has 0 radical (unpaired) electrons. The van der Waals surface area contributed by atoms with Crippen LogP contribution in [0.1, 0.15) is 25.3 Å². The van der Waals surface area contributed by atoms with E-state index in [0.29, 0.717) is 11.8 Å². The average Bonchev–Trinajstić information content (AvgIpc) is 2.86. The number of rotatable bonds is 3. The van der Waals surface area contributed by atoms with Crippen molar-refractivity contribution in [1.82, 2.24) is 20.4 Å². The third-order valence-corrected chi connectivity index (χ3v) is 1.94. The molecule has 2 aromatic rings. The number of nitrogens with one attached hydrogen (secondary N) is 1. The molecule has 6 nitrogen and oxygen atoms in total. The minimum Gasteiger partial charge on any atom is -0.419 e. The van der Waals surface area contributed by atoms with Gasteiger partial charge in [0, 0.05) is 6.20 Å². The number of nitrogens with zero attached hydrogens (tertiary/aromatic N) is 3. The van der Waals surface area contributed by atoms with Crippen molar-refractivity contribution < 1.29 is 4.42 Å². The van der Waals surface area contributed by atoms with E-state index < -0.39 is 0 Å². The molecule has 0 saturated carbocycles. The van der Waals surface area contributed by atoms with E-state index in [2.05, 4.69) is 20.4 Å². The van der Waals surface area contributed by atoms with Crippen molar-refractivity contribution in [2.45, 2.75) is 19.4 Å². The lowest BCUT2D eigenvalue weighted by atomic mass is 10.2. The third-order valence-electron chi connectivity index (χ3n) is 1.94. The summed E-state index contributed by atoms with van der Waals surface area (Å²) in [7, 11) is 0. The maximum Gasteiger partial charge on any atom is 0.250 e. The molecule has 2 rings (SSSR count). The molecule has 0 aliphatic carbocycles. The molecule has 0 aliphatic heterocycles. The molecule has 3 N–H and O–H groups in total. The first-order valence-electron chi connectivity index (χ1n) is 4.39. The summed E-state index contributed by atoms with van der Waals surface area (Å²) < 4.78 is 5.37. The van der Waals surface area contributed by atoms with Crippen LogP contribution in [0.5, 0.6) is 0 Å². The second-order valence-corrected chi connectivity index (χ2v) is 2.95. The summed E-state index contributed by atoms with van der Waals surface area (Å²) in [4.78, 5) is 0. The van der Waals surface area contributed by atoms with Crippen LogP contribution in [0.2, 0.25) is 0 Å². The Hall–Kier alpha value is -1.69. The van der Waals surface area contributed by atoms with Crippen LogP contribution in [0, 0.1) is 0 Å². The molecule has 0 amide bonds. The Morgan fingerprint density at radius 2 is 2.43 bits per heavy atom. The van der Waals surface area contributed by atoms with E-state index in [1.165, 1.54) is 0 Å². The summed E-state index contributed by atoms with van der Waals surface area (Å²) in [5.74, 6) is 0.904. The van der Waals surface area contributed by atoms with Crippen LogP contribution in [-0.4, -0.2) is 20.4 Å². The highest BCUT2D eigenvalue weighted by atomic mass is 16.4. The SMILES string of the molecule is CCC(N)c1nnc(-c2cn[nH]c2)o1. The second kappa shape index (κ2) is 3.59. The van der Waals surface area contributed by atoms with Crippen molar-refractivity contribution >= 4 is 0 Å². The highest BCUT2D eigenvalue weighted by molar-refractivity contribution is 5.48. The number of hydrogen-bond donors (Lipinski definition) is 2. The van der Waals surface area contributed by atoms with Gasteiger partial charge in [0.25, 0.3) is 5.89 Å². The van der Waals surface area contributed by atoms with Gasteiger partial charge in [0.1, 0.15) is 0 Å². The first-order chi connectivity index (χ1) is 6.81. The summed E-state index contributed by atoms with van der Waals surface area (Å²) >= 11 is 0. The Morgan fingerprint density at radius 3 is 3.07 bits per heavy atom. The highest BCUT2D eigenvalue weighted by Gasteiger charge is 2.13. The van der Waals surface area contributed by atoms with Crippen LogP contribution in [0.4, 0.5) is 0 Å². The highest BCUT2D eigenvalue weighted by Crippen LogP contribution is 2.19. The van der Waals surface area contributed by atoms with Crippen molar-refractivity contribution in [1.29, 1.82) is 0 Å². The maximum atomic E-state index is 5.74. The van der Waals surface area contributed by atoms with Gasteiger partial charge in [0.15, 0.2) is 0 Å². The fourth-order valence-corrected chi connectivity index (χ4v) is 1.04. The quantitative estimate of drug-likeness (QED) is 0.754. The molecule has 14 heavy (non-hydrogen) atoms. The van der Waals surface area contributed by atoms with Gasteiger partial charge in [-0.3, -0.25) is 5.10 Å². The van der Waals surface area contributed by atoms with E-state index in [9.17, 15) is 0 Å². The molecule has 0 saturated heterocycles. The predicted octanol–water partition coefficient (Wildman–Crippen LogP) is 0.869. The molecule has 0 aliphatic rings. The van der Waals surface area contributed by atoms with Crippen molar-refractivity contribution in [2.24, 2.45) is 5.73 Å². The second-order valence-electron chi connectivity index (χ2n) is 2.95. The molecule has 0 bridgehead atoms. The lowest BCUT2D eigenvalue weighted by Gasteiger charge is -1.99. The van der Waals surface area contributed by atoms with Crippen LogP contribution >= 0.6 is 0 Å². The van der Waals surface area contributed by atoms with Gasteiger partial charge < -0.3 is 10.2 Å². The zero-order chi connectivity index (χ0) is 9.97. The zero-order valence-corrected chi connectivity index (χ0v) is 7.77. The lowest BCUT2D eigenvalue weighted by Crippen LogP contribution is -2.08. The van der Waals surface area contributed by atoms with E-state index in [-0.39, 0.29) is 6.04 Å².